The van der Waals surface area contributed by atoms with Crippen molar-refractivity contribution in [1.29, 1.82) is 0 Å². The third-order valence-corrected chi connectivity index (χ3v) is 4.04. The monoisotopic (exact) mass is 287 g/mol. The van der Waals surface area contributed by atoms with E-state index in [9.17, 15) is 9.59 Å². The molecule has 0 fully saturated rings. The predicted octanol–water partition coefficient (Wildman–Crippen LogP) is 4.01. The van der Waals surface area contributed by atoms with E-state index in [4.69, 9.17) is 0 Å². The van der Waals surface area contributed by atoms with Gasteiger partial charge in [-0.05, 0) is 17.0 Å². The van der Waals surface area contributed by atoms with Crippen LogP contribution in [-0.2, 0) is 4.79 Å². The Kier molecular flexibility index (Phi) is 2.63. The molecule has 0 saturated carbocycles. The zero-order chi connectivity index (χ0) is 15.3. The number of nitrogens with one attached hydrogen (secondary N) is 1. The van der Waals surface area contributed by atoms with E-state index >= 15 is 0 Å². The van der Waals surface area contributed by atoms with Crippen LogP contribution in [0.3, 0.4) is 0 Å². The van der Waals surface area contributed by atoms with Gasteiger partial charge in [-0.2, -0.15) is 0 Å². The number of fused-ring (bicyclic) bond motifs is 2. The van der Waals surface area contributed by atoms with Crippen LogP contribution in [-0.4, -0.2) is 11.7 Å². The van der Waals surface area contributed by atoms with Crippen LogP contribution in [0.1, 0.15) is 22.8 Å². The third kappa shape index (κ3) is 1.69. The van der Waals surface area contributed by atoms with Crippen LogP contribution in [0.25, 0.3) is 21.9 Å². The summed E-state index contributed by atoms with van der Waals surface area (Å²) in [4.78, 5) is 24.3. The summed E-state index contributed by atoms with van der Waals surface area (Å²) < 4.78 is 0. The van der Waals surface area contributed by atoms with E-state index in [2.05, 4.69) is 5.32 Å². The first-order chi connectivity index (χ1) is 10.7. The Hall–Kier alpha value is -2.94. The van der Waals surface area contributed by atoms with Crippen molar-refractivity contribution in [2.45, 2.75) is 6.92 Å². The van der Waals surface area contributed by atoms with E-state index in [0.29, 0.717) is 11.3 Å². The van der Waals surface area contributed by atoms with Gasteiger partial charge in [0.1, 0.15) is 0 Å². The van der Waals surface area contributed by atoms with Crippen molar-refractivity contribution >= 4 is 28.2 Å². The van der Waals surface area contributed by atoms with E-state index in [1.54, 1.807) is 6.07 Å². The van der Waals surface area contributed by atoms with Crippen molar-refractivity contribution in [2.75, 3.05) is 5.32 Å². The zero-order valence-corrected chi connectivity index (χ0v) is 12.0. The zero-order valence-electron chi connectivity index (χ0n) is 12.0. The average Bonchev–Trinajstić information content (AvgIpc) is 2.52. The molecule has 0 heterocycles. The maximum Gasteiger partial charge on any atom is 0.221 e. The predicted molar refractivity (Wildman–Crippen MR) is 87.1 cm³/mol. The summed E-state index contributed by atoms with van der Waals surface area (Å²) in [6.07, 6.45) is 0. The summed E-state index contributed by atoms with van der Waals surface area (Å²) in [7, 11) is 0. The largest absolute Gasteiger partial charge is 0.326 e. The van der Waals surface area contributed by atoms with Crippen LogP contribution in [0.4, 0.5) is 5.69 Å². The minimum atomic E-state index is -0.146. The minimum Gasteiger partial charge on any atom is -0.326 e. The van der Waals surface area contributed by atoms with Gasteiger partial charge in [-0.3, -0.25) is 9.59 Å². The minimum absolute atomic E-state index is 0.00602. The van der Waals surface area contributed by atoms with Crippen LogP contribution in [0.2, 0.25) is 0 Å². The number of benzene rings is 3. The Morgan fingerprint density at radius 2 is 1.50 bits per heavy atom. The molecule has 0 atom stereocenters. The lowest BCUT2D eigenvalue weighted by atomic mass is 9.82. The number of hydrogen-bond acceptors (Lipinski definition) is 2. The van der Waals surface area contributed by atoms with Gasteiger partial charge in [0.05, 0.1) is 0 Å². The van der Waals surface area contributed by atoms with E-state index in [-0.39, 0.29) is 11.7 Å². The van der Waals surface area contributed by atoms with E-state index in [1.165, 1.54) is 6.92 Å². The van der Waals surface area contributed by atoms with Crippen LogP contribution in [0.15, 0.2) is 54.6 Å². The van der Waals surface area contributed by atoms with Crippen molar-refractivity contribution in [1.82, 2.24) is 0 Å². The molecule has 0 radical (unpaired) electrons. The van der Waals surface area contributed by atoms with E-state index in [0.717, 1.165) is 27.5 Å². The smallest absolute Gasteiger partial charge is 0.221 e. The molecule has 1 N–H and O–H groups in total. The van der Waals surface area contributed by atoms with Gasteiger partial charge < -0.3 is 5.32 Å². The van der Waals surface area contributed by atoms with Crippen molar-refractivity contribution in [3.05, 3.63) is 65.7 Å². The SMILES string of the molecule is CC(=O)Nc1cccc2c1-c1cccc3cccc(c13)C2=O. The number of anilines is 1. The average molecular weight is 287 g/mol. The maximum absolute atomic E-state index is 12.8. The molecule has 0 aromatic heterocycles. The lowest BCUT2D eigenvalue weighted by Gasteiger charge is -2.22. The molecule has 0 unspecified atom stereocenters. The third-order valence-electron chi connectivity index (χ3n) is 4.04. The number of carbonyl (C=O) groups excluding carboxylic acids is 2. The maximum atomic E-state index is 12.8. The molecular weight excluding hydrogens is 274 g/mol. The first-order valence-corrected chi connectivity index (χ1v) is 7.14. The van der Waals surface area contributed by atoms with E-state index in [1.807, 2.05) is 48.5 Å². The van der Waals surface area contributed by atoms with Crippen molar-refractivity contribution in [3.8, 4) is 11.1 Å². The fraction of sp³-hybridized carbons (Fsp3) is 0.0526. The molecule has 4 rings (SSSR count). The fourth-order valence-electron chi connectivity index (χ4n) is 3.21. The van der Waals surface area contributed by atoms with Crippen molar-refractivity contribution < 1.29 is 9.59 Å². The first kappa shape index (κ1) is 12.8. The Balaban J connectivity index is 2.14. The van der Waals surface area contributed by atoms with Gasteiger partial charge in [-0.25, -0.2) is 0 Å². The number of ketones is 1. The van der Waals surface area contributed by atoms with Crippen molar-refractivity contribution in [3.63, 3.8) is 0 Å². The molecule has 0 saturated heterocycles. The number of rotatable bonds is 1. The molecule has 0 bridgehead atoms. The van der Waals surface area contributed by atoms with Gasteiger partial charge in [0.15, 0.2) is 5.78 Å². The topological polar surface area (TPSA) is 46.2 Å². The highest BCUT2D eigenvalue weighted by Gasteiger charge is 2.26. The molecule has 3 aromatic carbocycles. The Morgan fingerprint density at radius 3 is 2.23 bits per heavy atom. The molecule has 3 nitrogen and oxygen atoms in total. The molecule has 3 heteroatoms. The molecular formula is C19H13NO2. The second-order valence-corrected chi connectivity index (χ2v) is 5.45. The highest BCUT2D eigenvalue weighted by molar-refractivity contribution is 6.27. The van der Waals surface area contributed by atoms with Gasteiger partial charge >= 0.3 is 0 Å². The molecule has 0 spiro atoms. The molecule has 1 aliphatic carbocycles. The second-order valence-electron chi connectivity index (χ2n) is 5.45. The summed E-state index contributed by atoms with van der Waals surface area (Å²) in [5.41, 5.74) is 3.84. The first-order valence-electron chi connectivity index (χ1n) is 7.14. The summed E-state index contributed by atoms with van der Waals surface area (Å²) in [5.74, 6) is -0.140. The summed E-state index contributed by atoms with van der Waals surface area (Å²) >= 11 is 0. The fourth-order valence-corrected chi connectivity index (χ4v) is 3.21. The summed E-state index contributed by atoms with van der Waals surface area (Å²) in [6, 6.07) is 17.2. The highest BCUT2D eigenvalue weighted by Crippen LogP contribution is 2.42. The molecule has 106 valence electrons. The van der Waals surface area contributed by atoms with Crippen LogP contribution < -0.4 is 5.32 Å². The Labute approximate surface area is 127 Å². The Bertz CT molecular complexity index is 952. The molecule has 3 aromatic rings. The summed E-state index contributed by atoms with van der Waals surface area (Å²) in [5, 5.41) is 4.83. The lowest BCUT2D eigenvalue weighted by Crippen LogP contribution is -2.14. The van der Waals surface area contributed by atoms with Crippen molar-refractivity contribution in [2.24, 2.45) is 0 Å². The number of carbonyl (C=O) groups is 2. The highest BCUT2D eigenvalue weighted by atomic mass is 16.1. The van der Waals surface area contributed by atoms with Gasteiger partial charge in [0.25, 0.3) is 0 Å². The quantitative estimate of drug-likeness (QED) is 0.575. The normalized spacial score (nSPS) is 12.1. The van der Waals surface area contributed by atoms with Gasteiger partial charge in [0, 0.05) is 34.7 Å². The van der Waals surface area contributed by atoms with Crippen LogP contribution >= 0.6 is 0 Å². The van der Waals surface area contributed by atoms with Crippen LogP contribution in [0.5, 0.6) is 0 Å². The Morgan fingerprint density at radius 1 is 0.864 bits per heavy atom. The number of amides is 1. The van der Waals surface area contributed by atoms with Crippen LogP contribution in [0, 0.1) is 0 Å². The van der Waals surface area contributed by atoms with E-state index < -0.39 is 0 Å². The number of hydrogen-bond donors (Lipinski definition) is 1. The molecule has 1 aliphatic rings. The van der Waals surface area contributed by atoms with Gasteiger partial charge in [-0.1, -0.05) is 48.5 Å². The summed E-state index contributed by atoms with van der Waals surface area (Å²) in [6.45, 7) is 1.47. The molecule has 0 aliphatic heterocycles. The molecule has 1 amide bonds. The van der Waals surface area contributed by atoms with Gasteiger partial charge in [0.2, 0.25) is 5.91 Å². The standard InChI is InChI=1S/C19H13NO2/c1-11(21)20-16-10-4-9-15-18(16)13-7-2-5-12-6-3-8-14(17(12)13)19(15)22/h2-10H,1H3,(H,20,21). The molecule has 22 heavy (non-hydrogen) atoms. The lowest BCUT2D eigenvalue weighted by molar-refractivity contribution is -0.114. The van der Waals surface area contributed by atoms with Gasteiger partial charge in [-0.15, -0.1) is 0 Å². The second kappa shape index (κ2) is 4.53.